The number of aliphatic hydroxyl groups is 1. The first-order valence-corrected chi connectivity index (χ1v) is 6.63. The lowest BCUT2D eigenvalue weighted by Crippen LogP contribution is -2.20. The number of ether oxygens (including phenoxy) is 1. The summed E-state index contributed by atoms with van der Waals surface area (Å²) in [5, 5.41) is 8.98. The number of aliphatic hydroxyl groups excluding tert-OH is 1. The van der Waals surface area contributed by atoms with E-state index >= 15 is 0 Å². The predicted molar refractivity (Wildman–Crippen MR) is 71.6 cm³/mol. The monoisotopic (exact) mass is 250 g/mol. The predicted octanol–water partition coefficient (Wildman–Crippen LogP) is 2.95. The van der Waals surface area contributed by atoms with Crippen molar-refractivity contribution in [1.29, 1.82) is 0 Å². The van der Waals surface area contributed by atoms with Gasteiger partial charge in [0.25, 0.3) is 0 Å². The quantitative estimate of drug-likeness (QED) is 0.598. The number of rotatable bonds is 7. The third kappa shape index (κ3) is 4.15. The summed E-state index contributed by atoms with van der Waals surface area (Å²) in [6.45, 7) is 4.12. The highest BCUT2D eigenvalue weighted by Gasteiger charge is 2.18. The molecular formula is C15H22O3. The molecule has 0 bridgehead atoms. The number of carbonyl (C=O) groups excluding carboxylic acids is 1. The Labute approximate surface area is 109 Å². The molecular weight excluding hydrogens is 228 g/mol. The zero-order chi connectivity index (χ0) is 13.4. The third-order valence-corrected chi connectivity index (χ3v) is 3.03. The Hall–Kier alpha value is -1.35. The van der Waals surface area contributed by atoms with Crippen LogP contribution in [0, 0.1) is 5.92 Å². The normalized spacial score (nSPS) is 12.2. The summed E-state index contributed by atoms with van der Waals surface area (Å²) in [5.74, 6) is 0.382. The Balaban J connectivity index is 2.74. The molecule has 1 atom stereocenters. The SMILES string of the molecule is CCCC(CC)C(=O)Oc1ccccc1CCO. The minimum atomic E-state index is -0.162. The molecule has 0 saturated carbocycles. The smallest absolute Gasteiger partial charge is 0.314 e. The van der Waals surface area contributed by atoms with E-state index in [9.17, 15) is 4.79 Å². The number of benzene rings is 1. The van der Waals surface area contributed by atoms with E-state index in [4.69, 9.17) is 9.84 Å². The van der Waals surface area contributed by atoms with Gasteiger partial charge in [-0.15, -0.1) is 0 Å². The first kappa shape index (κ1) is 14.7. The lowest BCUT2D eigenvalue weighted by Gasteiger charge is -2.14. The van der Waals surface area contributed by atoms with Crippen molar-refractivity contribution in [3.8, 4) is 5.75 Å². The Morgan fingerprint density at radius 1 is 1.33 bits per heavy atom. The van der Waals surface area contributed by atoms with Crippen LogP contribution in [0.3, 0.4) is 0 Å². The molecule has 1 rings (SSSR count). The molecule has 1 N–H and O–H groups in total. The third-order valence-electron chi connectivity index (χ3n) is 3.03. The van der Waals surface area contributed by atoms with Gasteiger partial charge in [0.05, 0.1) is 5.92 Å². The summed E-state index contributed by atoms with van der Waals surface area (Å²) in [4.78, 5) is 12.0. The standard InChI is InChI=1S/C15H22O3/c1-3-7-12(4-2)15(17)18-14-9-6-5-8-13(14)10-11-16/h5-6,8-9,12,16H,3-4,7,10-11H2,1-2H3. The van der Waals surface area contributed by atoms with Gasteiger partial charge in [0.1, 0.15) is 5.75 Å². The molecule has 0 fully saturated rings. The van der Waals surface area contributed by atoms with Gasteiger partial charge >= 0.3 is 5.97 Å². The molecule has 0 spiro atoms. The van der Waals surface area contributed by atoms with Crippen LogP contribution in [-0.2, 0) is 11.2 Å². The van der Waals surface area contributed by atoms with Gasteiger partial charge in [-0.2, -0.15) is 0 Å². The molecule has 0 aromatic heterocycles. The summed E-state index contributed by atoms with van der Waals surface area (Å²) < 4.78 is 5.45. The van der Waals surface area contributed by atoms with Crippen molar-refractivity contribution in [2.24, 2.45) is 5.92 Å². The van der Waals surface area contributed by atoms with Crippen molar-refractivity contribution in [1.82, 2.24) is 0 Å². The maximum atomic E-state index is 12.0. The van der Waals surface area contributed by atoms with Crippen LogP contribution in [0.25, 0.3) is 0 Å². The average molecular weight is 250 g/mol. The Bertz CT molecular complexity index is 374. The van der Waals surface area contributed by atoms with Crippen molar-refractivity contribution in [3.05, 3.63) is 29.8 Å². The van der Waals surface area contributed by atoms with Gasteiger partial charge in [0.15, 0.2) is 0 Å². The van der Waals surface area contributed by atoms with Gasteiger partial charge < -0.3 is 9.84 Å². The number of hydrogen-bond donors (Lipinski definition) is 1. The topological polar surface area (TPSA) is 46.5 Å². The van der Waals surface area contributed by atoms with E-state index in [2.05, 4.69) is 6.92 Å². The average Bonchev–Trinajstić information content (AvgIpc) is 2.38. The van der Waals surface area contributed by atoms with Crippen LogP contribution in [0.1, 0.15) is 38.7 Å². The number of hydrogen-bond acceptors (Lipinski definition) is 3. The van der Waals surface area contributed by atoms with E-state index in [1.54, 1.807) is 6.07 Å². The van der Waals surface area contributed by atoms with Gasteiger partial charge in [0.2, 0.25) is 0 Å². The summed E-state index contributed by atoms with van der Waals surface area (Å²) in [7, 11) is 0. The minimum Gasteiger partial charge on any atom is -0.426 e. The summed E-state index contributed by atoms with van der Waals surface area (Å²) in [6, 6.07) is 7.37. The zero-order valence-electron chi connectivity index (χ0n) is 11.2. The van der Waals surface area contributed by atoms with Crippen LogP contribution < -0.4 is 4.74 Å². The van der Waals surface area contributed by atoms with E-state index in [-0.39, 0.29) is 18.5 Å². The van der Waals surface area contributed by atoms with Crippen molar-refractivity contribution in [3.63, 3.8) is 0 Å². The molecule has 100 valence electrons. The highest BCUT2D eigenvalue weighted by molar-refractivity contribution is 5.75. The second-order valence-corrected chi connectivity index (χ2v) is 4.40. The van der Waals surface area contributed by atoms with Crippen LogP contribution in [0.4, 0.5) is 0 Å². The van der Waals surface area contributed by atoms with Gasteiger partial charge in [-0.3, -0.25) is 4.79 Å². The summed E-state index contributed by atoms with van der Waals surface area (Å²) >= 11 is 0. The van der Waals surface area contributed by atoms with Crippen molar-refractivity contribution in [2.45, 2.75) is 39.5 Å². The van der Waals surface area contributed by atoms with E-state index in [1.807, 2.05) is 25.1 Å². The van der Waals surface area contributed by atoms with Crippen LogP contribution in [0.5, 0.6) is 5.75 Å². The van der Waals surface area contributed by atoms with Crippen LogP contribution in [0.15, 0.2) is 24.3 Å². The fraction of sp³-hybridized carbons (Fsp3) is 0.533. The highest BCUT2D eigenvalue weighted by atomic mass is 16.5. The summed E-state index contributed by atoms with van der Waals surface area (Å²) in [6.07, 6.45) is 3.15. The van der Waals surface area contributed by atoms with E-state index in [1.165, 1.54) is 0 Å². The van der Waals surface area contributed by atoms with Crippen LogP contribution >= 0.6 is 0 Å². The van der Waals surface area contributed by atoms with E-state index in [0.29, 0.717) is 12.2 Å². The first-order chi connectivity index (χ1) is 8.72. The second-order valence-electron chi connectivity index (χ2n) is 4.40. The molecule has 0 aliphatic carbocycles. The molecule has 3 heteroatoms. The Kier molecular flexibility index (Phi) is 6.44. The van der Waals surface area contributed by atoms with Crippen molar-refractivity contribution < 1.29 is 14.6 Å². The van der Waals surface area contributed by atoms with Gasteiger partial charge in [0, 0.05) is 6.61 Å². The molecule has 0 aliphatic heterocycles. The van der Waals surface area contributed by atoms with Crippen molar-refractivity contribution in [2.75, 3.05) is 6.61 Å². The fourth-order valence-electron chi connectivity index (χ4n) is 1.96. The highest BCUT2D eigenvalue weighted by Crippen LogP contribution is 2.21. The molecule has 1 unspecified atom stereocenters. The van der Waals surface area contributed by atoms with E-state index < -0.39 is 0 Å². The van der Waals surface area contributed by atoms with Gasteiger partial charge in [-0.05, 0) is 30.9 Å². The van der Waals surface area contributed by atoms with Gasteiger partial charge in [-0.1, -0.05) is 38.5 Å². The molecule has 0 radical (unpaired) electrons. The largest absolute Gasteiger partial charge is 0.426 e. The lowest BCUT2D eigenvalue weighted by molar-refractivity contribution is -0.139. The minimum absolute atomic E-state index is 0.0304. The lowest BCUT2D eigenvalue weighted by atomic mass is 10.0. The maximum absolute atomic E-state index is 12.0. The van der Waals surface area contributed by atoms with Crippen molar-refractivity contribution >= 4 is 5.97 Å². The molecule has 18 heavy (non-hydrogen) atoms. The zero-order valence-corrected chi connectivity index (χ0v) is 11.2. The fourth-order valence-corrected chi connectivity index (χ4v) is 1.96. The maximum Gasteiger partial charge on any atom is 0.314 e. The molecule has 0 amide bonds. The van der Waals surface area contributed by atoms with Crippen LogP contribution in [0.2, 0.25) is 0 Å². The van der Waals surface area contributed by atoms with Crippen LogP contribution in [-0.4, -0.2) is 17.7 Å². The second kappa shape index (κ2) is 7.88. The molecule has 0 aliphatic rings. The summed E-state index contributed by atoms with van der Waals surface area (Å²) in [5.41, 5.74) is 0.875. The van der Waals surface area contributed by atoms with Gasteiger partial charge in [-0.25, -0.2) is 0 Å². The molecule has 0 heterocycles. The number of esters is 1. The first-order valence-electron chi connectivity index (χ1n) is 6.63. The molecule has 1 aromatic rings. The molecule has 3 nitrogen and oxygen atoms in total. The molecule has 1 aromatic carbocycles. The number of para-hydroxylation sites is 1. The van der Waals surface area contributed by atoms with E-state index in [0.717, 1.165) is 24.8 Å². The Morgan fingerprint density at radius 3 is 2.67 bits per heavy atom. The Morgan fingerprint density at radius 2 is 2.06 bits per heavy atom. The molecule has 0 saturated heterocycles. The number of carbonyl (C=O) groups is 1.